The molecule has 2 heterocycles. The average molecular weight is 316 g/mol. The van der Waals surface area contributed by atoms with Crippen LogP contribution in [0.5, 0.6) is 0 Å². The van der Waals surface area contributed by atoms with E-state index in [1.807, 2.05) is 30.3 Å². The van der Waals surface area contributed by atoms with E-state index in [4.69, 9.17) is 11.6 Å². The quantitative estimate of drug-likeness (QED) is 0.802. The van der Waals surface area contributed by atoms with Gasteiger partial charge in [0.1, 0.15) is 17.4 Å². The third kappa shape index (κ3) is 2.67. The first kappa shape index (κ1) is 14.5. The van der Waals surface area contributed by atoms with Crippen LogP contribution >= 0.6 is 11.6 Å². The molecular formula is C16H14ClN3O2. The SMILES string of the molecule is CC(C(=O)O)n1c(Cc2ccccc2)nc2cc(Cl)cnc21. The highest BCUT2D eigenvalue weighted by molar-refractivity contribution is 6.31. The summed E-state index contributed by atoms with van der Waals surface area (Å²) in [4.78, 5) is 20.2. The number of fused-ring (bicyclic) bond motifs is 1. The zero-order valence-corrected chi connectivity index (χ0v) is 12.7. The summed E-state index contributed by atoms with van der Waals surface area (Å²) >= 11 is 5.95. The van der Waals surface area contributed by atoms with Gasteiger partial charge in [0.15, 0.2) is 5.65 Å². The molecular weight excluding hydrogens is 302 g/mol. The molecule has 3 rings (SSSR count). The van der Waals surface area contributed by atoms with Gasteiger partial charge in [-0.15, -0.1) is 0 Å². The van der Waals surface area contributed by atoms with Gasteiger partial charge in [0, 0.05) is 12.6 Å². The fraction of sp³-hybridized carbons (Fsp3) is 0.188. The normalized spacial score (nSPS) is 12.5. The van der Waals surface area contributed by atoms with Crippen molar-refractivity contribution in [1.29, 1.82) is 0 Å². The zero-order valence-electron chi connectivity index (χ0n) is 11.9. The highest BCUT2D eigenvalue weighted by Crippen LogP contribution is 2.23. The fourth-order valence-electron chi connectivity index (χ4n) is 2.42. The summed E-state index contributed by atoms with van der Waals surface area (Å²) in [6, 6.07) is 10.7. The maximum absolute atomic E-state index is 11.4. The van der Waals surface area contributed by atoms with Gasteiger partial charge >= 0.3 is 5.97 Å². The predicted octanol–water partition coefficient (Wildman–Crippen LogP) is 3.32. The van der Waals surface area contributed by atoms with Crippen molar-refractivity contribution in [3.05, 3.63) is 59.0 Å². The number of aliphatic carboxylic acids is 1. The lowest BCUT2D eigenvalue weighted by atomic mass is 10.1. The van der Waals surface area contributed by atoms with Gasteiger partial charge in [-0.25, -0.2) is 14.8 Å². The summed E-state index contributed by atoms with van der Waals surface area (Å²) in [6.45, 7) is 1.62. The standard InChI is InChI=1S/C16H14ClN3O2/c1-10(16(21)22)20-14(7-11-5-3-2-4-6-11)19-13-8-12(17)9-18-15(13)20/h2-6,8-10H,7H2,1H3,(H,21,22). The van der Waals surface area contributed by atoms with Crippen LogP contribution in [0.2, 0.25) is 5.02 Å². The zero-order chi connectivity index (χ0) is 15.7. The highest BCUT2D eigenvalue weighted by atomic mass is 35.5. The van der Waals surface area contributed by atoms with Crippen molar-refractivity contribution in [2.45, 2.75) is 19.4 Å². The third-order valence-electron chi connectivity index (χ3n) is 3.52. The van der Waals surface area contributed by atoms with Crippen molar-refractivity contribution in [3.8, 4) is 0 Å². The van der Waals surface area contributed by atoms with Crippen LogP contribution in [0.25, 0.3) is 11.2 Å². The number of hydrogen-bond acceptors (Lipinski definition) is 3. The lowest BCUT2D eigenvalue weighted by Crippen LogP contribution is -2.18. The molecule has 3 aromatic rings. The molecule has 5 nitrogen and oxygen atoms in total. The van der Waals surface area contributed by atoms with Gasteiger partial charge in [-0.2, -0.15) is 0 Å². The molecule has 1 atom stereocenters. The largest absolute Gasteiger partial charge is 0.480 e. The Labute approximate surface area is 132 Å². The van der Waals surface area contributed by atoms with Gasteiger partial charge in [0.25, 0.3) is 0 Å². The van der Waals surface area contributed by atoms with E-state index in [9.17, 15) is 9.90 Å². The molecule has 22 heavy (non-hydrogen) atoms. The van der Waals surface area contributed by atoms with E-state index in [1.54, 1.807) is 17.6 Å². The fourth-order valence-corrected chi connectivity index (χ4v) is 2.58. The maximum atomic E-state index is 11.4. The number of aromatic nitrogens is 3. The second kappa shape index (κ2) is 5.77. The van der Waals surface area contributed by atoms with Gasteiger partial charge < -0.3 is 5.11 Å². The number of nitrogens with zero attached hydrogens (tertiary/aromatic N) is 3. The summed E-state index contributed by atoms with van der Waals surface area (Å²) in [5.41, 5.74) is 2.19. The minimum absolute atomic E-state index is 0.478. The number of rotatable bonds is 4. The van der Waals surface area contributed by atoms with Crippen LogP contribution in [0, 0.1) is 0 Å². The van der Waals surface area contributed by atoms with Crippen LogP contribution in [-0.4, -0.2) is 25.6 Å². The van der Waals surface area contributed by atoms with Crippen LogP contribution in [-0.2, 0) is 11.2 Å². The number of benzene rings is 1. The van der Waals surface area contributed by atoms with E-state index < -0.39 is 12.0 Å². The summed E-state index contributed by atoms with van der Waals surface area (Å²) in [5, 5.41) is 9.83. The Kier molecular flexibility index (Phi) is 3.81. The molecule has 0 saturated carbocycles. The van der Waals surface area contributed by atoms with E-state index in [1.165, 1.54) is 6.20 Å². The predicted molar refractivity (Wildman–Crippen MR) is 84.1 cm³/mol. The molecule has 2 aromatic heterocycles. The Morgan fingerprint density at radius 3 is 2.77 bits per heavy atom. The number of carboxylic acid groups (broad SMARTS) is 1. The molecule has 0 aliphatic rings. The summed E-state index contributed by atoms with van der Waals surface area (Å²) in [6.07, 6.45) is 2.04. The molecule has 0 amide bonds. The molecule has 112 valence electrons. The number of imidazole rings is 1. The summed E-state index contributed by atoms with van der Waals surface area (Å²) in [7, 11) is 0. The minimum Gasteiger partial charge on any atom is -0.480 e. The lowest BCUT2D eigenvalue weighted by Gasteiger charge is -2.13. The molecule has 1 N–H and O–H groups in total. The smallest absolute Gasteiger partial charge is 0.326 e. The number of hydrogen-bond donors (Lipinski definition) is 1. The Morgan fingerprint density at radius 2 is 2.09 bits per heavy atom. The second-order valence-electron chi connectivity index (χ2n) is 5.07. The van der Waals surface area contributed by atoms with E-state index >= 15 is 0 Å². The molecule has 6 heteroatoms. The number of halogens is 1. The van der Waals surface area contributed by atoms with E-state index in [-0.39, 0.29) is 0 Å². The van der Waals surface area contributed by atoms with Crippen molar-refractivity contribution in [2.75, 3.05) is 0 Å². The lowest BCUT2D eigenvalue weighted by molar-refractivity contribution is -0.140. The van der Waals surface area contributed by atoms with Crippen molar-refractivity contribution < 1.29 is 9.90 Å². The number of pyridine rings is 1. The van der Waals surface area contributed by atoms with Crippen LogP contribution in [0.15, 0.2) is 42.6 Å². The van der Waals surface area contributed by atoms with Crippen LogP contribution in [0.3, 0.4) is 0 Å². The molecule has 1 aromatic carbocycles. The van der Waals surface area contributed by atoms with Gasteiger partial charge in [-0.3, -0.25) is 4.57 Å². The van der Waals surface area contributed by atoms with Gasteiger partial charge in [-0.1, -0.05) is 41.9 Å². The van der Waals surface area contributed by atoms with Crippen molar-refractivity contribution >= 4 is 28.7 Å². The Hall–Kier alpha value is -2.40. The average Bonchev–Trinajstić information content (AvgIpc) is 2.84. The first-order valence-corrected chi connectivity index (χ1v) is 7.23. The molecule has 0 saturated heterocycles. The molecule has 0 spiro atoms. The van der Waals surface area contributed by atoms with Crippen molar-refractivity contribution in [3.63, 3.8) is 0 Å². The van der Waals surface area contributed by atoms with Crippen molar-refractivity contribution in [2.24, 2.45) is 0 Å². The first-order chi connectivity index (χ1) is 10.6. The monoisotopic (exact) mass is 315 g/mol. The topological polar surface area (TPSA) is 68.0 Å². The molecule has 0 fully saturated rings. The van der Waals surface area contributed by atoms with Gasteiger partial charge in [0.2, 0.25) is 0 Å². The Morgan fingerprint density at radius 1 is 1.36 bits per heavy atom. The maximum Gasteiger partial charge on any atom is 0.326 e. The van der Waals surface area contributed by atoms with E-state index in [0.29, 0.717) is 28.4 Å². The molecule has 1 unspecified atom stereocenters. The van der Waals surface area contributed by atoms with E-state index in [2.05, 4.69) is 9.97 Å². The summed E-state index contributed by atoms with van der Waals surface area (Å²) in [5.74, 6) is -0.267. The molecule has 0 aliphatic heterocycles. The number of carboxylic acids is 1. The van der Waals surface area contributed by atoms with Crippen LogP contribution in [0.4, 0.5) is 0 Å². The van der Waals surface area contributed by atoms with Crippen LogP contribution < -0.4 is 0 Å². The minimum atomic E-state index is -0.926. The Balaban J connectivity index is 2.15. The number of carbonyl (C=O) groups is 1. The Bertz CT molecular complexity index is 830. The molecule has 0 bridgehead atoms. The van der Waals surface area contributed by atoms with Gasteiger partial charge in [-0.05, 0) is 18.6 Å². The van der Waals surface area contributed by atoms with E-state index in [0.717, 1.165) is 5.56 Å². The first-order valence-electron chi connectivity index (χ1n) is 6.85. The molecule has 0 aliphatic carbocycles. The highest BCUT2D eigenvalue weighted by Gasteiger charge is 2.22. The molecule has 0 radical (unpaired) electrons. The third-order valence-corrected chi connectivity index (χ3v) is 3.73. The van der Waals surface area contributed by atoms with Gasteiger partial charge in [0.05, 0.1) is 5.02 Å². The second-order valence-corrected chi connectivity index (χ2v) is 5.51. The van der Waals surface area contributed by atoms with Crippen molar-refractivity contribution in [1.82, 2.24) is 14.5 Å². The summed E-state index contributed by atoms with van der Waals surface area (Å²) < 4.78 is 1.65. The van der Waals surface area contributed by atoms with Crippen LogP contribution in [0.1, 0.15) is 24.4 Å².